The lowest BCUT2D eigenvalue weighted by molar-refractivity contribution is -0.139. The zero-order valence-electron chi connectivity index (χ0n) is 8.65. The fourth-order valence-electron chi connectivity index (χ4n) is 1.77. The number of thiophene rings is 1. The van der Waals surface area contributed by atoms with Crippen molar-refractivity contribution in [2.45, 2.75) is 6.42 Å². The fourth-order valence-corrected chi connectivity index (χ4v) is 4.55. The fraction of sp³-hybridized carbons (Fsp3) is 0.400. The summed E-state index contributed by atoms with van der Waals surface area (Å²) in [4.78, 5) is 24.2. The van der Waals surface area contributed by atoms with Crippen LogP contribution in [0, 0.1) is 5.92 Å². The third-order valence-corrected chi connectivity index (χ3v) is 4.93. The number of nitrogens with zero attached hydrogens (tertiary/aromatic N) is 1. The van der Waals surface area contributed by atoms with Crippen molar-refractivity contribution in [3.63, 3.8) is 0 Å². The molecule has 7 heteroatoms. The number of carbonyl (C=O) groups is 2. The van der Waals surface area contributed by atoms with Crippen LogP contribution in [0.15, 0.2) is 13.6 Å². The molecule has 0 atom stereocenters. The molecule has 0 radical (unpaired) electrons. The molecule has 4 nitrogen and oxygen atoms in total. The van der Waals surface area contributed by atoms with Gasteiger partial charge in [0.05, 0.1) is 19.6 Å². The number of halogens is 2. The normalized spacial score (nSPS) is 15.8. The Hall–Kier alpha value is -0.400. The van der Waals surface area contributed by atoms with Crippen LogP contribution in [-0.2, 0) is 4.79 Å². The van der Waals surface area contributed by atoms with Crippen molar-refractivity contribution >= 4 is 55.1 Å². The third-order valence-electron chi connectivity index (χ3n) is 2.59. The van der Waals surface area contributed by atoms with E-state index in [1.165, 1.54) is 11.3 Å². The minimum atomic E-state index is -0.804. The standard InChI is InChI=1S/C10H9Br2NO3S/c11-7-2-6(9(12)17-7)10(16)13-3-5(4-13)1-8(14)15/h2,5H,1,3-4H2,(H,14,15). The van der Waals surface area contributed by atoms with Crippen molar-refractivity contribution < 1.29 is 14.7 Å². The molecule has 1 aliphatic heterocycles. The van der Waals surface area contributed by atoms with Gasteiger partial charge in [0.1, 0.15) is 0 Å². The quantitative estimate of drug-likeness (QED) is 0.874. The van der Waals surface area contributed by atoms with Gasteiger partial charge in [-0.25, -0.2) is 0 Å². The van der Waals surface area contributed by atoms with Gasteiger partial charge in [0.2, 0.25) is 0 Å². The third kappa shape index (κ3) is 2.89. The van der Waals surface area contributed by atoms with E-state index in [1.807, 2.05) is 0 Å². The Bertz CT molecular complexity index is 468. The predicted molar refractivity (Wildman–Crippen MR) is 71.4 cm³/mol. The van der Waals surface area contributed by atoms with Gasteiger partial charge in [-0.2, -0.15) is 0 Å². The van der Waals surface area contributed by atoms with Crippen LogP contribution < -0.4 is 0 Å². The summed E-state index contributed by atoms with van der Waals surface area (Å²) < 4.78 is 1.70. The Labute approximate surface area is 119 Å². The second kappa shape index (κ2) is 5.07. The van der Waals surface area contributed by atoms with E-state index in [2.05, 4.69) is 31.9 Å². The number of carboxylic acid groups (broad SMARTS) is 1. The summed E-state index contributed by atoms with van der Waals surface area (Å²) in [5, 5.41) is 8.62. The Morgan fingerprint density at radius 3 is 2.59 bits per heavy atom. The summed E-state index contributed by atoms with van der Waals surface area (Å²) in [6.45, 7) is 1.07. The van der Waals surface area contributed by atoms with Crippen molar-refractivity contribution in [2.24, 2.45) is 5.92 Å². The Morgan fingerprint density at radius 1 is 1.47 bits per heavy atom. The van der Waals surface area contributed by atoms with E-state index in [0.29, 0.717) is 18.7 Å². The molecule has 0 aromatic carbocycles. The first-order chi connectivity index (χ1) is 7.97. The first-order valence-electron chi connectivity index (χ1n) is 4.93. The van der Waals surface area contributed by atoms with E-state index < -0.39 is 5.97 Å². The van der Waals surface area contributed by atoms with Crippen LogP contribution in [-0.4, -0.2) is 35.0 Å². The zero-order chi connectivity index (χ0) is 12.6. The van der Waals surface area contributed by atoms with Crippen molar-refractivity contribution in [2.75, 3.05) is 13.1 Å². The van der Waals surface area contributed by atoms with Gasteiger partial charge in [-0.15, -0.1) is 11.3 Å². The number of aliphatic carboxylic acids is 1. The van der Waals surface area contributed by atoms with Crippen molar-refractivity contribution in [1.82, 2.24) is 4.90 Å². The molecule has 0 bridgehead atoms. The Morgan fingerprint density at radius 2 is 2.12 bits per heavy atom. The van der Waals surface area contributed by atoms with Gasteiger partial charge >= 0.3 is 5.97 Å². The molecule has 92 valence electrons. The topological polar surface area (TPSA) is 57.6 Å². The molecular formula is C10H9Br2NO3S. The number of rotatable bonds is 3. The van der Waals surface area contributed by atoms with Crippen LogP contribution >= 0.6 is 43.2 Å². The second-order valence-electron chi connectivity index (χ2n) is 3.91. The molecule has 17 heavy (non-hydrogen) atoms. The number of hydrogen-bond acceptors (Lipinski definition) is 3. The molecule has 1 aromatic rings. The number of carboxylic acids is 1. The molecule has 1 saturated heterocycles. The lowest BCUT2D eigenvalue weighted by Crippen LogP contribution is -2.50. The average Bonchev–Trinajstić information content (AvgIpc) is 2.49. The summed E-state index contributed by atoms with van der Waals surface area (Å²) in [5.41, 5.74) is 0.635. The molecule has 0 unspecified atom stereocenters. The summed E-state index contributed by atoms with van der Waals surface area (Å²) in [6.07, 6.45) is 0.137. The average molecular weight is 383 g/mol. The molecule has 1 N–H and O–H groups in total. The molecule has 0 aliphatic carbocycles. The summed E-state index contributed by atoms with van der Waals surface area (Å²) >= 11 is 8.12. The monoisotopic (exact) mass is 381 g/mol. The van der Waals surface area contributed by atoms with Crippen LogP contribution in [0.2, 0.25) is 0 Å². The maximum Gasteiger partial charge on any atom is 0.303 e. The van der Waals surface area contributed by atoms with Crippen molar-refractivity contribution in [3.8, 4) is 0 Å². The van der Waals surface area contributed by atoms with Crippen LogP contribution in [0.5, 0.6) is 0 Å². The van der Waals surface area contributed by atoms with E-state index in [-0.39, 0.29) is 18.2 Å². The highest BCUT2D eigenvalue weighted by Gasteiger charge is 2.33. The molecule has 2 rings (SSSR count). The van der Waals surface area contributed by atoms with E-state index in [4.69, 9.17) is 5.11 Å². The van der Waals surface area contributed by atoms with Gasteiger partial charge in [-0.05, 0) is 37.9 Å². The lowest BCUT2D eigenvalue weighted by Gasteiger charge is -2.38. The first-order valence-corrected chi connectivity index (χ1v) is 7.33. The summed E-state index contributed by atoms with van der Waals surface area (Å²) in [5.74, 6) is -0.751. The van der Waals surface area contributed by atoms with Crippen molar-refractivity contribution in [1.29, 1.82) is 0 Å². The van der Waals surface area contributed by atoms with Gasteiger partial charge in [-0.3, -0.25) is 9.59 Å². The Balaban J connectivity index is 1.95. The van der Waals surface area contributed by atoms with E-state index in [1.54, 1.807) is 11.0 Å². The van der Waals surface area contributed by atoms with Crippen LogP contribution in [0.3, 0.4) is 0 Å². The minimum absolute atomic E-state index is 0.0412. The van der Waals surface area contributed by atoms with Gasteiger partial charge in [0.15, 0.2) is 0 Å². The number of amides is 1. The van der Waals surface area contributed by atoms with Gasteiger partial charge in [0.25, 0.3) is 5.91 Å². The second-order valence-corrected chi connectivity index (χ2v) is 7.66. The first kappa shape index (κ1) is 13.0. The molecular weight excluding hydrogens is 374 g/mol. The highest BCUT2D eigenvalue weighted by atomic mass is 79.9. The number of likely N-dealkylation sites (tertiary alicyclic amines) is 1. The smallest absolute Gasteiger partial charge is 0.303 e. The SMILES string of the molecule is O=C(O)CC1CN(C(=O)c2cc(Br)sc2Br)C1. The number of hydrogen-bond donors (Lipinski definition) is 1. The van der Waals surface area contributed by atoms with E-state index in [0.717, 1.165) is 7.57 Å². The van der Waals surface area contributed by atoms with Crippen LogP contribution in [0.25, 0.3) is 0 Å². The van der Waals surface area contributed by atoms with E-state index in [9.17, 15) is 9.59 Å². The molecule has 1 aromatic heterocycles. The van der Waals surface area contributed by atoms with Crippen molar-refractivity contribution in [3.05, 3.63) is 19.2 Å². The van der Waals surface area contributed by atoms with E-state index >= 15 is 0 Å². The molecule has 0 saturated carbocycles. The number of carbonyl (C=O) groups excluding carboxylic acids is 1. The van der Waals surface area contributed by atoms with Crippen LogP contribution in [0.4, 0.5) is 0 Å². The molecule has 1 fully saturated rings. The highest BCUT2D eigenvalue weighted by Crippen LogP contribution is 2.34. The highest BCUT2D eigenvalue weighted by molar-refractivity contribution is 9.12. The maximum atomic E-state index is 12.0. The molecule has 0 spiro atoms. The Kier molecular flexibility index (Phi) is 3.89. The summed E-state index contributed by atoms with van der Waals surface area (Å²) in [7, 11) is 0. The molecule has 2 heterocycles. The summed E-state index contributed by atoms with van der Waals surface area (Å²) in [6, 6.07) is 1.78. The zero-order valence-corrected chi connectivity index (χ0v) is 12.6. The molecule has 1 amide bonds. The molecule has 1 aliphatic rings. The maximum absolute atomic E-state index is 12.0. The van der Waals surface area contributed by atoms with Gasteiger partial charge in [0, 0.05) is 19.0 Å². The minimum Gasteiger partial charge on any atom is -0.481 e. The lowest BCUT2D eigenvalue weighted by atomic mass is 9.96. The largest absolute Gasteiger partial charge is 0.481 e. The van der Waals surface area contributed by atoms with Gasteiger partial charge < -0.3 is 10.0 Å². The predicted octanol–water partition coefficient (Wildman–Crippen LogP) is 2.82. The van der Waals surface area contributed by atoms with Gasteiger partial charge in [-0.1, -0.05) is 0 Å². The van der Waals surface area contributed by atoms with Crippen LogP contribution in [0.1, 0.15) is 16.8 Å².